The lowest BCUT2D eigenvalue weighted by atomic mass is 10.2. The van der Waals surface area contributed by atoms with E-state index in [4.69, 9.17) is 0 Å². The van der Waals surface area contributed by atoms with Crippen molar-refractivity contribution in [2.24, 2.45) is 4.40 Å². The number of nitrogens with zero attached hydrogens (tertiary/aromatic N) is 1. The number of unbranched alkanes of at least 4 members (excludes halogenated alkanes) is 1. The van der Waals surface area contributed by atoms with Crippen LogP contribution >= 0.6 is 0 Å². The molecule has 0 amide bonds. The van der Waals surface area contributed by atoms with Gasteiger partial charge in [-0.05, 0) is 37.2 Å². The molecule has 1 heterocycles. The Kier molecular flexibility index (Phi) is 5.35. The fraction of sp³-hybridized carbons (Fsp3) is 0.278. The van der Waals surface area contributed by atoms with E-state index in [1.807, 2.05) is 24.3 Å². The highest BCUT2D eigenvalue weighted by Crippen LogP contribution is 2.26. The van der Waals surface area contributed by atoms with Gasteiger partial charge in [-0.2, -0.15) is 8.42 Å². The predicted molar refractivity (Wildman–Crippen MR) is 101 cm³/mol. The third-order valence-electron chi connectivity index (χ3n) is 3.90. The predicted octanol–water partition coefficient (Wildman–Crippen LogP) is 3.03. The molecule has 1 unspecified atom stereocenters. The lowest BCUT2D eigenvalue weighted by Crippen LogP contribution is -2.49. The molecule has 2 aromatic carbocycles. The van der Waals surface area contributed by atoms with E-state index in [-0.39, 0.29) is 11.1 Å². The van der Waals surface area contributed by atoms with Crippen LogP contribution in [0.25, 0.3) is 0 Å². The molecule has 2 aromatic rings. The first kappa shape index (κ1) is 17.4. The summed E-state index contributed by atoms with van der Waals surface area (Å²) >= 11 is 0. The lowest BCUT2D eigenvalue weighted by Gasteiger charge is -2.30. The normalized spacial score (nSPS) is 18.3. The maximum atomic E-state index is 12.6. The Labute approximate surface area is 148 Å². The highest BCUT2D eigenvalue weighted by atomic mass is 32.2. The summed E-state index contributed by atoms with van der Waals surface area (Å²) in [5.41, 5.74) is 1.71. The SMILES string of the molecule is CCCCNC1Nc2ccccc2N/C1=N\S(=O)(=O)c1ccccc1. The van der Waals surface area contributed by atoms with E-state index >= 15 is 0 Å². The van der Waals surface area contributed by atoms with E-state index < -0.39 is 10.0 Å². The van der Waals surface area contributed by atoms with Gasteiger partial charge in [0.1, 0.15) is 6.17 Å². The summed E-state index contributed by atoms with van der Waals surface area (Å²) in [6, 6.07) is 15.9. The van der Waals surface area contributed by atoms with E-state index in [2.05, 4.69) is 27.3 Å². The van der Waals surface area contributed by atoms with Crippen LogP contribution in [0.15, 0.2) is 63.9 Å². The number of sulfonamides is 1. The van der Waals surface area contributed by atoms with Crippen molar-refractivity contribution >= 4 is 27.2 Å². The maximum absolute atomic E-state index is 12.6. The van der Waals surface area contributed by atoms with Crippen LogP contribution in [-0.2, 0) is 10.0 Å². The van der Waals surface area contributed by atoms with Gasteiger partial charge in [-0.25, -0.2) is 0 Å². The molecule has 3 N–H and O–H groups in total. The molecular formula is C18H22N4O2S. The molecule has 1 aliphatic rings. The molecule has 7 heteroatoms. The van der Waals surface area contributed by atoms with Gasteiger partial charge in [-0.3, -0.25) is 5.32 Å². The smallest absolute Gasteiger partial charge is 0.284 e. The van der Waals surface area contributed by atoms with E-state index in [1.165, 1.54) is 0 Å². The van der Waals surface area contributed by atoms with E-state index in [0.29, 0.717) is 5.84 Å². The van der Waals surface area contributed by atoms with E-state index in [1.54, 1.807) is 30.3 Å². The molecule has 0 radical (unpaired) electrons. The lowest BCUT2D eigenvalue weighted by molar-refractivity contribution is 0.595. The zero-order valence-corrected chi connectivity index (χ0v) is 14.9. The average Bonchev–Trinajstić information content (AvgIpc) is 2.63. The number of nitrogens with one attached hydrogen (secondary N) is 3. The largest absolute Gasteiger partial charge is 0.362 e. The van der Waals surface area contributed by atoms with Crippen LogP contribution in [0.1, 0.15) is 19.8 Å². The molecule has 0 aromatic heterocycles. The minimum atomic E-state index is -3.78. The van der Waals surface area contributed by atoms with Crippen molar-refractivity contribution in [3.63, 3.8) is 0 Å². The molecule has 0 saturated heterocycles. The molecular weight excluding hydrogens is 336 g/mol. The summed E-state index contributed by atoms with van der Waals surface area (Å²) in [5, 5.41) is 9.78. The van der Waals surface area contributed by atoms with E-state index in [0.717, 1.165) is 30.8 Å². The molecule has 0 bridgehead atoms. The third-order valence-corrected chi connectivity index (χ3v) is 5.21. The highest BCUT2D eigenvalue weighted by Gasteiger charge is 2.25. The summed E-state index contributed by atoms with van der Waals surface area (Å²) in [5.74, 6) is 0.346. The van der Waals surface area contributed by atoms with Crippen LogP contribution in [0.2, 0.25) is 0 Å². The number of amidine groups is 1. The molecule has 1 atom stereocenters. The maximum Gasteiger partial charge on any atom is 0.284 e. The topological polar surface area (TPSA) is 82.6 Å². The van der Waals surface area contributed by atoms with Gasteiger partial charge in [0.05, 0.1) is 16.3 Å². The first-order chi connectivity index (χ1) is 12.1. The zero-order valence-electron chi connectivity index (χ0n) is 14.1. The Morgan fingerprint density at radius 3 is 2.44 bits per heavy atom. The van der Waals surface area contributed by atoms with Crippen molar-refractivity contribution < 1.29 is 8.42 Å². The minimum absolute atomic E-state index is 0.176. The van der Waals surface area contributed by atoms with Crippen LogP contribution < -0.4 is 16.0 Å². The number of hydrogen-bond acceptors (Lipinski definition) is 4. The second-order valence-electron chi connectivity index (χ2n) is 5.82. The van der Waals surface area contributed by atoms with E-state index in [9.17, 15) is 8.42 Å². The monoisotopic (exact) mass is 358 g/mol. The first-order valence-electron chi connectivity index (χ1n) is 8.36. The van der Waals surface area contributed by atoms with Crippen LogP contribution in [-0.4, -0.2) is 27.0 Å². The van der Waals surface area contributed by atoms with Gasteiger partial charge in [0.25, 0.3) is 10.0 Å². The number of rotatable bonds is 6. The quantitative estimate of drug-likeness (QED) is 0.692. The van der Waals surface area contributed by atoms with Gasteiger partial charge < -0.3 is 10.6 Å². The van der Waals surface area contributed by atoms with Crippen LogP contribution in [0.5, 0.6) is 0 Å². The van der Waals surface area contributed by atoms with Gasteiger partial charge in [-0.1, -0.05) is 43.7 Å². The Bertz CT molecular complexity index is 850. The van der Waals surface area contributed by atoms with Crippen LogP contribution in [0.4, 0.5) is 11.4 Å². The molecule has 3 rings (SSSR count). The number of anilines is 2. The molecule has 0 saturated carbocycles. The van der Waals surface area contributed by atoms with Gasteiger partial charge in [-0.15, -0.1) is 4.40 Å². The summed E-state index contributed by atoms with van der Waals surface area (Å²) in [6.07, 6.45) is 1.66. The molecule has 0 spiro atoms. The third kappa shape index (κ3) is 4.18. The highest BCUT2D eigenvalue weighted by molar-refractivity contribution is 7.90. The Morgan fingerprint density at radius 1 is 1.04 bits per heavy atom. The Morgan fingerprint density at radius 2 is 1.72 bits per heavy atom. The van der Waals surface area contributed by atoms with Crippen molar-refractivity contribution in [2.45, 2.75) is 30.8 Å². The fourth-order valence-electron chi connectivity index (χ4n) is 2.57. The summed E-state index contributed by atoms with van der Waals surface area (Å²) in [7, 11) is -3.78. The number of benzene rings is 2. The molecule has 0 fully saturated rings. The van der Waals surface area contributed by atoms with Gasteiger partial charge >= 0.3 is 0 Å². The minimum Gasteiger partial charge on any atom is -0.362 e. The second-order valence-corrected chi connectivity index (χ2v) is 7.42. The standard InChI is InChI=1S/C18H22N4O2S/c1-2-3-13-19-17-18(21-16-12-8-7-11-15(16)20-17)22-25(23,24)14-9-5-4-6-10-14/h4-12,17,19-20H,2-3,13H2,1H3,(H,21,22). The van der Waals surface area contributed by atoms with Crippen molar-refractivity contribution in [2.75, 3.05) is 17.2 Å². The van der Waals surface area contributed by atoms with Gasteiger partial charge in [0.2, 0.25) is 0 Å². The molecule has 1 aliphatic heterocycles. The van der Waals surface area contributed by atoms with Crippen molar-refractivity contribution in [3.8, 4) is 0 Å². The molecule has 6 nitrogen and oxygen atoms in total. The van der Waals surface area contributed by atoms with Crippen molar-refractivity contribution in [3.05, 3.63) is 54.6 Å². The van der Waals surface area contributed by atoms with Gasteiger partial charge in [0, 0.05) is 0 Å². The second kappa shape index (κ2) is 7.67. The van der Waals surface area contributed by atoms with Crippen LogP contribution in [0, 0.1) is 0 Å². The molecule has 25 heavy (non-hydrogen) atoms. The summed E-state index contributed by atoms with van der Waals surface area (Å²) in [6.45, 7) is 2.88. The molecule has 132 valence electrons. The fourth-order valence-corrected chi connectivity index (χ4v) is 3.59. The zero-order chi connectivity index (χ0) is 17.7. The first-order valence-corrected chi connectivity index (χ1v) is 9.80. The Hall–Kier alpha value is -2.38. The van der Waals surface area contributed by atoms with Gasteiger partial charge in [0.15, 0.2) is 5.84 Å². The van der Waals surface area contributed by atoms with Crippen LogP contribution in [0.3, 0.4) is 0 Å². The number of fused-ring (bicyclic) bond motifs is 1. The average molecular weight is 358 g/mol. The number of para-hydroxylation sites is 2. The number of hydrogen-bond donors (Lipinski definition) is 3. The van der Waals surface area contributed by atoms with Crippen molar-refractivity contribution in [1.82, 2.24) is 5.32 Å². The molecule has 0 aliphatic carbocycles. The Balaban J connectivity index is 1.93. The summed E-state index contributed by atoms with van der Waals surface area (Å²) < 4.78 is 29.3. The van der Waals surface area contributed by atoms with Crippen molar-refractivity contribution in [1.29, 1.82) is 0 Å². The summed E-state index contributed by atoms with van der Waals surface area (Å²) in [4.78, 5) is 0.176.